The molecule has 0 saturated carbocycles. The Morgan fingerprint density at radius 1 is 1.00 bits per heavy atom. The summed E-state index contributed by atoms with van der Waals surface area (Å²) in [4.78, 5) is 7.18. The highest BCUT2D eigenvalue weighted by Crippen LogP contribution is 2.14. The van der Waals surface area contributed by atoms with E-state index in [0.29, 0.717) is 26.2 Å². The third-order valence-corrected chi connectivity index (χ3v) is 7.46. The minimum absolute atomic E-state index is 0. The van der Waals surface area contributed by atoms with E-state index in [1.54, 1.807) is 4.31 Å². The minimum Gasteiger partial charge on any atom is -0.357 e. The number of piperidine rings is 1. The van der Waals surface area contributed by atoms with Crippen molar-refractivity contribution in [2.45, 2.75) is 45.7 Å². The average Bonchev–Trinajstić information content (AvgIpc) is 3.06. The Morgan fingerprint density at radius 3 is 2.33 bits per heavy atom. The number of nitrogens with zero attached hydrogens (tertiary/aromatic N) is 3. The van der Waals surface area contributed by atoms with Crippen molar-refractivity contribution >= 4 is 40.0 Å². The monoisotopic (exact) mass is 549 g/mol. The van der Waals surface area contributed by atoms with Gasteiger partial charge in [0.2, 0.25) is 10.0 Å². The number of aliphatic imine (C=N–C) groups is 1. The highest BCUT2D eigenvalue weighted by molar-refractivity contribution is 14.0. The van der Waals surface area contributed by atoms with E-state index in [1.165, 1.54) is 43.5 Å². The number of halogens is 1. The second-order valence-corrected chi connectivity index (χ2v) is 9.93. The average molecular weight is 550 g/mol. The minimum atomic E-state index is -3.04. The Morgan fingerprint density at radius 2 is 1.70 bits per heavy atom. The summed E-state index contributed by atoms with van der Waals surface area (Å²) in [7, 11) is -3.04. The number of hydrogen-bond donors (Lipinski definition) is 2. The molecule has 0 unspecified atom stereocenters. The predicted octanol–water partition coefficient (Wildman–Crippen LogP) is 2.38. The van der Waals surface area contributed by atoms with E-state index >= 15 is 0 Å². The zero-order chi connectivity index (χ0) is 20.5. The third-order valence-electron chi connectivity index (χ3n) is 5.50. The van der Waals surface area contributed by atoms with E-state index < -0.39 is 10.0 Å². The van der Waals surface area contributed by atoms with Crippen molar-refractivity contribution in [2.24, 2.45) is 4.99 Å². The summed E-state index contributed by atoms with van der Waals surface area (Å²) in [6, 6.07) is 8.72. The maximum absolute atomic E-state index is 11.9. The van der Waals surface area contributed by atoms with Gasteiger partial charge in [-0.15, -0.1) is 24.0 Å². The lowest BCUT2D eigenvalue weighted by Crippen LogP contribution is -2.42. The van der Waals surface area contributed by atoms with Gasteiger partial charge in [-0.2, -0.15) is 0 Å². The van der Waals surface area contributed by atoms with Crippen LogP contribution in [0.3, 0.4) is 0 Å². The quantitative estimate of drug-likeness (QED) is 0.296. The second kappa shape index (κ2) is 12.8. The number of rotatable bonds is 8. The van der Waals surface area contributed by atoms with Crippen molar-refractivity contribution in [1.82, 2.24) is 19.8 Å². The number of nitrogens with one attached hydrogen (secondary N) is 2. The molecule has 2 fully saturated rings. The first kappa shape index (κ1) is 25.4. The van der Waals surface area contributed by atoms with Gasteiger partial charge in [-0.1, -0.05) is 30.7 Å². The van der Waals surface area contributed by atoms with Crippen LogP contribution in [0.25, 0.3) is 0 Å². The van der Waals surface area contributed by atoms with Gasteiger partial charge in [-0.05, 0) is 50.4 Å². The maximum atomic E-state index is 11.9. The lowest BCUT2D eigenvalue weighted by molar-refractivity contribution is 0.221. The van der Waals surface area contributed by atoms with Gasteiger partial charge in [0.05, 0.1) is 12.3 Å². The van der Waals surface area contributed by atoms with Crippen molar-refractivity contribution in [3.8, 4) is 0 Å². The van der Waals surface area contributed by atoms with Crippen LogP contribution < -0.4 is 10.6 Å². The highest BCUT2D eigenvalue weighted by Gasteiger charge is 2.27. The Balaban J connectivity index is 0.00000320. The number of hydrogen-bond acceptors (Lipinski definition) is 4. The summed E-state index contributed by atoms with van der Waals surface area (Å²) >= 11 is 0. The van der Waals surface area contributed by atoms with E-state index in [4.69, 9.17) is 0 Å². The zero-order valence-corrected chi connectivity index (χ0v) is 21.1. The number of sulfonamides is 1. The first-order valence-electron chi connectivity index (χ1n) is 10.9. The van der Waals surface area contributed by atoms with Gasteiger partial charge in [0.25, 0.3) is 0 Å². The summed E-state index contributed by atoms with van der Waals surface area (Å²) < 4.78 is 25.3. The Bertz CT molecular complexity index is 764. The van der Waals surface area contributed by atoms with Crippen molar-refractivity contribution in [2.75, 3.05) is 45.0 Å². The fourth-order valence-corrected chi connectivity index (χ4v) is 5.41. The molecule has 0 bridgehead atoms. The normalized spacial score (nSPS) is 20.0. The largest absolute Gasteiger partial charge is 0.357 e. The molecule has 2 aliphatic heterocycles. The molecule has 30 heavy (non-hydrogen) atoms. The fourth-order valence-electron chi connectivity index (χ4n) is 3.88. The Kier molecular flexibility index (Phi) is 10.8. The molecule has 7 nitrogen and oxygen atoms in total. The molecule has 0 atom stereocenters. The van der Waals surface area contributed by atoms with E-state index in [0.717, 1.165) is 25.5 Å². The van der Waals surface area contributed by atoms with Crippen molar-refractivity contribution in [3.05, 3.63) is 35.4 Å². The first-order valence-corrected chi connectivity index (χ1v) is 12.5. The van der Waals surface area contributed by atoms with E-state index in [9.17, 15) is 8.42 Å². The van der Waals surface area contributed by atoms with Crippen LogP contribution in [0.2, 0.25) is 0 Å². The van der Waals surface area contributed by atoms with Gasteiger partial charge >= 0.3 is 0 Å². The topological polar surface area (TPSA) is 77.0 Å². The Hall–Kier alpha value is -0.910. The highest BCUT2D eigenvalue weighted by atomic mass is 127. The molecule has 2 heterocycles. The molecule has 170 valence electrons. The molecule has 9 heteroatoms. The van der Waals surface area contributed by atoms with Crippen molar-refractivity contribution < 1.29 is 8.42 Å². The lowest BCUT2D eigenvalue weighted by atomic mass is 10.1. The van der Waals surface area contributed by atoms with Crippen LogP contribution in [0, 0.1) is 0 Å². The Labute approximate surface area is 198 Å². The van der Waals surface area contributed by atoms with E-state index in [-0.39, 0.29) is 29.7 Å². The fraction of sp³-hybridized carbons (Fsp3) is 0.667. The van der Waals surface area contributed by atoms with Crippen LogP contribution in [0.15, 0.2) is 29.3 Å². The first-order chi connectivity index (χ1) is 14.1. The molecule has 1 aromatic carbocycles. The zero-order valence-electron chi connectivity index (χ0n) is 18.0. The molecule has 0 amide bonds. The lowest BCUT2D eigenvalue weighted by Gasteiger charge is -2.26. The van der Waals surface area contributed by atoms with Crippen LogP contribution in [-0.4, -0.2) is 68.6 Å². The summed E-state index contributed by atoms with van der Waals surface area (Å²) in [5, 5.41) is 6.48. The smallest absolute Gasteiger partial charge is 0.214 e. The predicted molar refractivity (Wildman–Crippen MR) is 134 cm³/mol. The third kappa shape index (κ3) is 7.97. The second-order valence-electron chi connectivity index (χ2n) is 7.84. The molecule has 0 radical (unpaired) electrons. The van der Waals surface area contributed by atoms with Crippen molar-refractivity contribution in [3.63, 3.8) is 0 Å². The number of benzene rings is 1. The van der Waals surface area contributed by atoms with Gasteiger partial charge in [0.15, 0.2) is 5.96 Å². The number of guanidine groups is 1. The van der Waals surface area contributed by atoms with Gasteiger partial charge in [0.1, 0.15) is 0 Å². The summed E-state index contributed by atoms with van der Waals surface area (Å²) in [6.07, 6.45) is 4.72. The van der Waals surface area contributed by atoms with Crippen LogP contribution in [0.4, 0.5) is 0 Å². The van der Waals surface area contributed by atoms with Crippen LogP contribution in [0.5, 0.6) is 0 Å². The molecule has 0 aliphatic carbocycles. The molecular formula is C21H36IN5O2S. The molecule has 0 aromatic heterocycles. The number of likely N-dealkylation sites (tertiary alicyclic amines) is 1. The van der Waals surface area contributed by atoms with Gasteiger partial charge in [-0.25, -0.2) is 17.7 Å². The molecule has 2 N–H and O–H groups in total. The van der Waals surface area contributed by atoms with Crippen molar-refractivity contribution in [1.29, 1.82) is 0 Å². The van der Waals surface area contributed by atoms with Gasteiger partial charge in [0, 0.05) is 32.7 Å². The summed E-state index contributed by atoms with van der Waals surface area (Å²) in [5.41, 5.74) is 2.53. The van der Waals surface area contributed by atoms with Gasteiger partial charge < -0.3 is 10.6 Å². The van der Waals surface area contributed by atoms with E-state index in [2.05, 4.69) is 44.8 Å². The summed E-state index contributed by atoms with van der Waals surface area (Å²) in [6.45, 7) is 8.51. The van der Waals surface area contributed by atoms with E-state index in [1.807, 2.05) is 6.92 Å². The van der Waals surface area contributed by atoms with Gasteiger partial charge in [-0.3, -0.25) is 4.90 Å². The SMILES string of the molecule is CCNC(=NCc1ccc(CN2CCCCC2)cc1)NCCN1CCCS1(=O)=O.I. The van der Waals surface area contributed by atoms with Crippen LogP contribution >= 0.6 is 24.0 Å². The van der Waals surface area contributed by atoms with Crippen LogP contribution in [0.1, 0.15) is 43.7 Å². The summed E-state index contributed by atoms with van der Waals surface area (Å²) in [5.74, 6) is 0.996. The molecule has 3 rings (SSSR count). The van der Waals surface area contributed by atoms with Crippen LogP contribution in [-0.2, 0) is 23.1 Å². The molecule has 2 aliphatic rings. The molecule has 0 spiro atoms. The maximum Gasteiger partial charge on any atom is 0.214 e. The molecule has 2 saturated heterocycles. The standard InChI is InChI=1S/C21H35N5O2S.HI/c1-2-22-21(23-11-15-26-14-6-16-29(26,27)28)24-17-19-7-9-20(10-8-19)18-25-12-4-3-5-13-25;/h7-10H,2-6,11-18H2,1H3,(H2,22,23,24);1H. The molecule has 1 aromatic rings. The molecular weight excluding hydrogens is 513 g/mol.